The molecule has 2 unspecified atom stereocenters. The van der Waals surface area contributed by atoms with Crippen molar-refractivity contribution in [3.8, 4) is 0 Å². The third kappa shape index (κ3) is 4.09. The van der Waals surface area contributed by atoms with Crippen LogP contribution in [0.15, 0.2) is 5.47 Å². The van der Waals surface area contributed by atoms with Gasteiger partial charge in [-0.25, -0.2) is 4.98 Å². The Morgan fingerprint density at radius 1 is 1.23 bits per heavy atom. The van der Waals surface area contributed by atoms with Crippen LogP contribution < -0.4 is 5.73 Å². The van der Waals surface area contributed by atoms with E-state index in [-0.39, 0.29) is 36.2 Å². The average Bonchev–Trinajstić information content (AvgIpc) is 3.18. The number of nitrogens with one attached hydrogen (secondary N) is 1. The first-order chi connectivity index (χ1) is 13.9. The smallest absolute Gasteiger partial charge is 0.400 e. The van der Waals surface area contributed by atoms with Crippen LogP contribution in [0.5, 0.6) is 0 Å². The van der Waals surface area contributed by atoms with Crippen LogP contribution in [-0.2, 0) is 20.5 Å². The molecule has 7 nitrogen and oxygen atoms in total. The number of aryl methyl sites for hydroxylation is 1. The second kappa shape index (κ2) is 8.13. The van der Waals surface area contributed by atoms with Crippen LogP contribution in [0.2, 0.25) is 0 Å². The summed E-state index contributed by atoms with van der Waals surface area (Å²) in [7, 11) is -0.349. The number of imidazole rings is 1. The van der Waals surface area contributed by atoms with Crippen molar-refractivity contribution in [2.24, 2.45) is 11.7 Å². The molecule has 1 amide bonds. The highest BCUT2D eigenvalue weighted by molar-refractivity contribution is 6.55. The lowest BCUT2D eigenvalue weighted by Crippen LogP contribution is -2.47. The molecule has 0 radical (unpaired) electrons. The number of rotatable bonds is 6. The quantitative estimate of drug-likeness (QED) is 0.695. The number of nitrogens with two attached hydrogens (primary N) is 1. The summed E-state index contributed by atoms with van der Waals surface area (Å²) in [5, 5.41) is 0. The van der Waals surface area contributed by atoms with Gasteiger partial charge in [-0.3, -0.25) is 4.79 Å². The van der Waals surface area contributed by atoms with Gasteiger partial charge >= 0.3 is 7.12 Å². The van der Waals surface area contributed by atoms with E-state index in [9.17, 15) is 4.79 Å². The SMILES string of the molecule is CCN(C(=O)C(N)C(C)C)C(C)c1nc2c([nH]1)CCC(B1OC(C)(C)C(C)(C)O1)=C2. The Morgan fingerprint density at radius 3 is 2.37 bits per heavy atom. The van der Waals surface area contributed by atoms with E-state index >= 15 is 0 Å². The van der Waals surface area contributed by atoms with Gasteiger partial charge in [-0.15, -0.1) is 0 Å². The molecule has 3 N–H and O–H groups in total. The van der Waals surface area contributed by atoms with Crippen molar-refractivity contribution in [2.75, 3.05) is 6.54 Å². The second-order valence-corrected chi connectivity index (χ2v) is 9.86. The molecule has 2 aliphatic rings. The summed E-state index contributed by atoms with van der Waals surface area (Å²) in [4.78, 5) is 22.9. The number of nitrogens with zero attached hydrogens (tertiary/aromatic N) is 2. The van der Waals surface area contributed by atoms with Crippen molar-refractivity contribution in [3.63, 3.8) is 0 Å². The van der Waals surface area contributed by atoms with Crippen molar-refractivity contribution in [3.05, 3.63) is 22.7 Å². The lowest BCUT2D eigenvalue weighted by Gasteiger charge is -2.32. The fourth-order valence-electron chi connectivity index (χ4n) is 3.89. The zero-order valence-corrected chi connectivity index (χ0v) is 19.7. The number of allylic oxidation sites excluding steroid dienone is 1. The van der Waals surface area contributed by atoms with Gasteiger partial charge in [-0.05, 0) is 71.9 Å². The normalized spacial score (nSPS) is 21.9. The van der Waals surface area contributed by atoms with Gasteiger partial charge in [0.2, 0.25) is 5.91 Å². The van der Waals surface area contributed by atoms with Crippen molar-refractivity contribution in [1.82, 2.24) is 14.9 Å². The molecule has 0 saturated carbocycles. The average molecular weight is 416 g/mol. The minimum Gasteiger partial charge on any atom is -0.400 e. The first-order valence-electron chi connectivity index (χ1n) is 11.1. The van der Waals surface area contributed by atoms with Crippen LogP contribution >= 0.6 is 0 Å². The minimum absolute atomic E-state index is 0.0391. The number of H-pyrrole nitrogens is 1. The summed E-state index contributed by atoms with van der Waals surface area (Å²) < 4.78 is 12.4. The van der Waals surface area contributed by atoms with Gasteiger partial charge in [0, 0.05) is 12.2 Å². The molecule has 1 aromatic rings. The summed E-state index contributed by atoms with van der Waals surface area (Å²) in [6.07, 6.45) is 3.77. The Labute approximate surface area is 180 Å². The van der Waals surface area contributed by atoms with E-state index in [0.29, 0.717) is 6.54 Å². The number of hydrogen-bond donors (Lipinski definition) is 2. The third-order valence-electron chi connectivity index (χ3n) is 6.86. The highest BCUT2D eigenvalue weighted by Gasteiger charge is 2.52. The Morgan fingerprint density at radius 2 is 1.83 bits per heavy atom. The molecule has 30 heavy (non-hydrogen) atoms. The van der Waals surface area contributed by atoms with Crippen LogP contribution in [0.3, 0.4) is 0 Å². The molecule has 0 spiro atoms. The lowest BCUT2D eigenvalue weighted by atomic mass is 9.73. The maximum atomic E-state index is 12.8. The van der Waals surface area contributed by atoms with Gasteiger partial charge in [0.25, 0.3) is 0 Å². The summed E-state index contributed by atoms with van der Waals surface area (Å²) in [6.45, 7) is 16.7. The van der Waals surface area contributed by atoms with E-state index in [4.69, 9.17) is 20.0 Å². The maximum Gasteiger partial charge on any atom is 0.490 e. The van der Waals surface area contributed by atoms with Crippen molar-refractivity contribution < 1.29 is 14.1 Å². The van der Waals surface area contributed by atoms with Crippen LogP contribution in [0.25, 0.3) is 6.08 Å². The van der Waals surface area contributed by atoms with E-state index in [1.54, 1.807) is 4.90 Å². The van der Waals surface area contributed by atoms with E-state index in [0.717, 1.165) is 35.5 Å². The largest absolute Gasteiger partial charge is 0.490 e. The monoisotopic (exact) mass is 416 g/mol. The number of carbonyl (C=O) groups excluding carboxylic acids is 1. The Hall–Kier alpha value is -1.64. The number of likely N-dealkylation sites (N-methyl/N-ethyl adjacent to an activating group) is 1. The summed E-state index contributed by atoms with van der Waals surface area (Å²) in [5.41, 5.74) is 8.51. The van der Waals surface area contributed by atoms with E-state index in [1.165, 1.54) is 0 Å². The third-order valence-corrected chi connectivity index (χ3v) is 6.86. The topological polar surface area (TPSA) is 93.5 Å². The molecule has 1 aliphatic heterocycles. The van der Waals surface area contributed by atoms with Gasteiger partial charge in [0.15, 0.2) is 0 Å². The molecule has 2 heterocycles. The zero-order valence-electron chi connectivity index (χ0n) is 19.7. The number of carbonyl (C=O) groups is 1. The van der Waals surface area contributed by atoms with Crippen molar-refractivity contribution in [1.29, 1.82) is 0 Å². The molecule has 3 rings (SSSR count). The molecule has 0 aromatic carbocycles. The molecular weight excluding hydrogens is 379 g/mol. The van der Waals surface area contributed by atoms with Gasteiger partial charge in [0.05, 0.1) is 29.0 Å². The Kier molecular flexibility index (Phi) is 6.24. The zero-order chi connectivity index (χ0) is 22.4. The molecule has 8 heteroatoms. The van der Waals surface area contributed by atoms with Gasteiger partial charge in [-0.2, -0.15) is 0 Å². The van der Waals surface area contributed by atoms with E-state index < -0.39 is 6.04 Å². The van der Waals surface area contributed by atoms with E-state index in [1.807, 2.05) is 27.7 Å². The van der Waals surface area contributed by atoms with Crippen molar-refractivity contribution >= 4 is 19.1 Å². The highest BCUT2D eigenvalue weighted by atomic mass is 16.7. The van der Waals surface area contributed by atoms with Crippen LogP contribution in [0, 0.1) is 5.92 Å². The number of amides is 1. The van der Waals surface area contributed by atoms with Gasteiger partial charge < -0.3 is 24.9 Å². The predicted molar refractivity (Wildman–Crippen MR) is 120 cm³/mol. The first kappa shape index (κ1) is 23.0. The summed E-state index contributed by atoms with van der Waals surface area (Å²) >= 11 is 0. The number of aromatic amines is 1. The second-order valence-electron chi connectivity index (χ2n) is 9.86. The fraction of sp³-hybridized carbons (Fsp3) is 0.727. The van der Waals surface area contributed by atoms with Crippen LogP contribution in [-0.4, -0.2) is 51.7 Å². The Bertz CT molecular complexity index is 814. The minimum atomic E-state index is -0.508. The standard InChI is InChI=1S/C22H37BN4O3/c1-9-27(20(28)18(24)13(2)3)14(4)19-25-16-11-10-15(12-17(16)26-19)23-29-21(5,6)22(7,8)30-23/h12-14,18H,9-11,24H2,1-8H3,(H,25,26). The molecule has 1 aromatic heterocycles. The number of fused-ring (bicyclic) bond motifs is 1. The molecule has 2 atom stereocenters. The van der Waals surface area contributed by atoms with Gasteiger partial charge in [0.1, 0.15) is 5.82 Å². The number of aromatic nitrogens is 2. The molecule has 166 valence electrons. The van der Waals surface area contributed by atoms with Crippen LogP contribution in [0.1, 0.15) is 85.1 Å². The molecule has 1 aliphatic carbocycles. The molecule has 1 saturated heterocycles. The van der Waals surface area contributed by atoms with Crippen molar-refractivity contribution in [2.45, 2.75) is 91.5 Å². The summed E-state index contributed by atoms with van der Waals surface area (Å²) in [5.74, 6) is 0.842. The molecule has 0 bridgehead atoms. The Balaban J connectivity index is 1.81. The predicted octanol–water partition coefficient (Wildman–Crippen LogP) is 3.26. The molecular formula is C22H37BN4O3. The van der Waals surface area contributed by atoms with E-state index in [2.05, 4.69) is 38.8 Å². The maximum absolute atomic E-state index is 12.8. The fourth-order valence-corrected chi connectivity index (χ4v) is 3.89. The van der Waals surface area contributed by atoms with Gasteiger partial charge in [-0.1, -0.05) is 13.8 Å². The van der Waals surface area contributed by atoms with Crippen LogP contribution in [0.4, 0.5) is 0 Å². The first-order valence-corrected chi connectivity index (χ1v) is 11.1. The molecule has 1 fully saturated rings. The highest BCUT2D eigenvalue weighted by Crippen LogP contribution is 2.40. The summed E-state index contributed by atoms with van der Waals surface area (Å²) in [6, 6.07) is -0.682. The number of hydrogen-bond acceptors (Lipinski definition) is 5. The lowest BCUT2D eigenvalue weighted by molar-refractivity contribution is -0.135.